The van der Waals surface area contributed by atoms with Crippen molar-refractivity contribution < 1.29 is 9.59 Å². The van der Waals surface area contributed by atoms with Crippen LogP contribution in [0.5, 0.6) is 0 Å². The van der Waals surface area contributed by atoms with Crippen molar-refractivity contribution in [2.45, 2.75) is 46.0 Å². The Morgan fingerprint density at radius 2 is 1.70 bits per heavy atom. The highest BCUT2D eigenvalue weighted by Gasteiger charge is 2.25. The van der Waals surface area contributed by atoms with Crippen molar-refractivity contribution in [3.8, 4) is 0 Å². The molecular formula is C23H28N2O2. The molecule has 3 rings (SSSR count). The van der Waals surface area contributed by atoms with Gasteiger partial charge in [-0.05, 0) is 41.2 Å². The first kappa shape index (κ1) is 19.2. The molecular weight excluding hydrogens is 336 g/mol. The van der Waals surface area contributed by atoms with E-state index in [0.29, 0.717) is 13.0 Å². The largest absolute Gasteiger partial charge is 0.312 e. The Morgan fingerprint density at radius 1 is 1.04 bits per heavy atom. The van der Waals surface area contributed by atoms with Gasteiger partial charge in [0.25, 0.3) is 0 Å². The van der Waals surface area contributed by atoms with Crippen molar-refractivity contribution >= 4 is 23.2 Å². The molecule has 4 nitrogen and oxygen atoms in total. The number of para-hydroxylation sites is 1. The van der Waals surface area contributed by atoms with Gasteiger partial charge in [-0.15, -0.1) is 0 Å². The number of fused-ring (bicyclic) bond motifs is 1. The molecule has 0 unspecified atom stereocenters. The van der Waals surface area contributed by atoms with Gasteiger partial charge in [0.15, 0.2) is 0 Å². The van der Waals surface area contributed by atoms with Crippen LogP contribution in [0.1, 0.15) is 45.2 Å². The third-order valence-corrected chi connectivity index (χ3v) is 5.16. The first-order valence-electron chi connectivity index (χ1n) is 9.54. The average molecular weight is 364 g/mol. The predicted octanol–water partition coefficient (Wildman–Crippen LogP) is 4.32. The summed E-state index contributed by atoms with van der Waals surface area (Å²) in [6.45, 7) is 9.15. The number of anilines is 2. The molecule has 0 radical (unpaired) electrons. The van der Waals surface area contributed by atoms with Gasteiger partial charge in [0.1, 0.15) is 0 Å². The number of carbonyl (C=O) groups is 2. The molecule has 2 aromatic carbocycles. The normalized spacial score (nSPS) is 13.4. The highest BCUT2D eigenvalue weighted by molar-refractivity contribution is 5.97. The summed E-state index contributed by atoms with van der Waals surface area (Å²) >= 11 is 0. The summed E-state index contributed by atoms with van der Waals surface area (Å²) in [5.74, 6) is 0.0191. The molecule has 0 N–H and O–H groups in total. The zero-order valence-electron chi connectivity index (χ0n) is 16.7. The van der Waals surface area contributed by atoms with E-state index in [1.807, 2.05) is 35.2 Å². The summed E-state index contributed by atoms with van der Waals surface area (Å²) in [5.41, 5.74) is 4.35. The number of amides is 2. The summed E-state index contributed by atoms with van der Waals surface area (Å²) in [6, 6.07) is 16.1. The standard InChI is InChI=1S/C23H28N2O2/c1-17(26)24(20-11-9-19(10-12-20)23(2,3)4)16-14-22(27)25-15-13-18-7-5-6-8-21(18)25/h5-12H,13-16H2,1-4H3. The molecule has 0 aromatic heterocycles. The van der Waals surface area contributed by atoms with E-state index in [1.165, 1.54) is 11.1 Å². The molecule has 0 atom stereocenters. The van der Waals surface area contributed by atoms with E-state index < -0.39 is 0 Å². The smallest absolute Gasteiger partial charge is 0.228 e. The Hall–Kier alpha value is -2.62. The van der Waals surface area contributed by atoms with Crippen LogP contribution in [0, 0.1) is 0 Å². The second kappa shape index (κ2) is 7.55. The van der Waals surface area contributed by atoms with E-state index in [-0.39, 0.29) is 17.2 Å². The van der Waals surface area contributed by atoms with Crippen LogP contribution in [0.3, 0.4) is 0 Å². The maximum atomic E-state index is 12.7. The number of hydrogen-bond acceptors (Lipinski definition) is 2. The Morgan fingerprint density at radius 3 is 2.33 bits per heavy atom. The van der Waals surface area contributed by atoms with E-state index in [1.54, 1.807) is 11.8 Å². The van der Waals surface area contributed by atoms with E-state index in [0.717, 1.165) is 24.3 Å². The third kappa shape index (κ3) is 4.21. The van der Waals surface area contributed by atoms with Gasteiger partial charge in [-0.3, -0.25) is 9.59 Å². The topological polar surface area (TPSA) is 40.6 Å². The Labute approximate surface area is 161 Å². The molecule has 0 bridgehead atoms. The molecule has 1 heterocycles. The predicted molar refractivity (Wildman–Crippen MR) is 110 cm³/mol. The molecule has 0 aliphatic carbocycles. The third-order valence-electron chi connectivity index (χ3n) is 5.16. The van der Waals surface area contributed by atoms with Crippen LogP contribution in [-0.2, 0) is 21.4 Å². The van der Waals surface area contributed by atoms with E-state index in [4.69, 9.17) is 0 Å². The molecule has 4 heteroatoms. The summed E-state index contributed by atoms with van der Waals surface area (Å²) in [6.07, 6.45) is 1.21. The van der Waals surface area contributed by atoms with E-state index >= 15 is 0 Å². The van der Waals surface area contributed by atoms with Gasteiger partial charge in [-0.1, -0.05) is 51.1 Å². The molecule has 0 spiro atoms. The van der Waals surface area contributed by atoms with Gasteiger partial charge in [0.05, 0.1) is 0 Å². The number of nitrogens with zero attached hydrogens (tertiary/aromatic N) is 2. The first-order chi connectivity index (χ1) is 12.8. The zero-order valence-corrected chi connectivity index (χ0v) is 16.7. The van der Waals surface area contributed by atoms with Gasteiger partial charge in [-0.25, -0.2) is 0 Å². The fraction of sp³-hybridized carbons (Fsp3) is 0.391. The molecule has 2 amide bonds. The fourth-order valence-electron chi connectivity index (χ4n) is 3.55. The lowest BCUT2D eigenvalue weighted by molar-refractivity contribution is -0.118. The number of benzene rings is 2. The van der Waals surface area contributed by atoms with Crippen molar-refractivity contribution in [3.05, 3.63) is 59.7 Å². The molecule has 1 aliphatic rings. The van der Waals surface area contributed by atoms with E-state index in [9.17, 15) is 9.59 Å². The second-order valence-corrected chi connectivity index (χ2v) is 8.14. The number of hydrogen-bond donors (Lipinski definition) is 0. The van der Waals surface area contributed by atoms with Gasteiger partial charge in [0, 0.05) is 37.8 Å². The molecule has 0 fully saturated rings. The molecule has 27 heavy (non-hydrogen) atoms. The van der Waals surface area contributed by atoms with Crippen LogP contribution in [0.2, 0.25) is 0 Å². The average Bonchev–Trinajstić information content (AvgIpc) is 3.05. The summed E-state index contributed by atoms with van der Waals surface area (Å²) in [5, 5.41) is 0. The van der Waals surface area contributed by atoms with Crippen LogP contribution in [-0.4, -0.2) is 24.9 Å². The lowest BCUT2D eigenvalue weighted by Crippen LogP contribution is -2.35. The fourth-order valence-corrected chi connectivity index (χ4v) is 3.55. The molecule has 0 saturated carbocycles. The van der Waals surface area contributed by atoms with Gasteiger partial charge >= 0.3 is 0 Å². The van der Waals surface area contributed by atoms with Crippen LogP contribution in [0.15, 0.2) is 48.5 Å². The van der Waals surface area contributed by atoms with Crippen LogP contribution < -0.4 is 9.80 Å². The van der Waals surface area contributed by atoms with Crippen molar-refractivity contribution in [1.82, 2.24) is 0 Å². The Bertz CT molecular complexity index is 834. The first-order valence-corrected chi connectivity index (χ1v) is 9.54. The summed E-state index contributed by atoms with van der Waals surface area (Å²) in [4.78, 5) is 28.4. The minimum Gasteiger partial charge on any atom is -0.312 e. The van der Waals surface area contributed by atoms with Gasteiger partial charge in [0.2, 0.25) is 11.8 Å². The van der Waals surface area contributed by atoms with E-state index in [2.05, 4.69) is 39.0 Å². The zero-order chi connectivity index (χ0) is 19.6. The molecule has 0 saturated heterocycles. The maximum Gasteiger partial charge on any atom is 0.228 e. The van der Waals surface area contributed by atoms with Crippen LogP contribution in [0.25, 0.3) is 0 Å². The molecule has 2 aromatic rings. The SMILES string of the molecule is CC(=O)N(CCC(=O)N1CCc2ccccc21)c1ccc(C(C)(C)C)cc1. The molecule has 142 valence electrons. The van der Waals surface area contributed by atoms with Crippen molar-refractivity contribution in [1.29, 1.82) is 0 Å². The van der Waals surface area contributed by atoms with Crippen LogP contribution in [0.4, 0.5) is 11.4 Å². The highest BCUT2D eigenvalue weighted by atomic mass is 16.2. The lowest BCUT2D eigenvalue weighted by atomic mass is 9.87. The Kier molecular flexibility index (Phi) is 5.36. The highest BCUT2D eigenvalue weighted by Crippen LogP contribution is 2.28. The van der Waals surface area contributed by atoms with Gasteiger partial charge < -0.3 is 9.80 Å². The molecule has 1 aliphatic heterocycles. The van der Waals surface area contributed by atoms with Crippen LogP contribution >= 0.6 is 0 Å². The number of rotatable bonds is 4. The van der Waals surface area contributed by atoms with Gasteiger partial charge in [-0.2, -0.15) is 0 Å². The minimum atomic E-state index is -0.0480. The summed E-state index contributed by atoms with van der Waals surface area (Å²) in [7, 11) is 0. The minimum absolute atomic E-state index is 0.0480. The monoisotopic (exact) mass is 364 g/mol. The van der Waals surface area contributed by atoms with Crippen molar-refractivity contribution in [2.75, 3.05) is 22.9 Å². The van der Waals surface area contributed by atoms with Crippen molar-refractivity contribution in [3.63, 3.8) is 0 Å². The lowest BCUT2D eigenvalue weighted by Gasteiger charge is -2.25. The summed E-state index contributed by atoms with van der Waals surface area (Å²) < 4.78 is 0. The Balaban J connectivity index is 1.69. The quantitative estimate of drug-likeness (QED) is 0.811. The number of carbonyl (C=O) groups excluding carboxylic acids is 2. The van der Waals surface area contributed by atoms with Crippen molar-refractivity contribution in [2.24, 2.45) is 0 Å². The maximum absolute atomic E-state index is 12.7. The second-order valence-electron chi connectivity index (χ2n) is 8.14.